The molecule has 7 nitrogen and oxygen atoms in total. The summed E-state index contributed by atoms with van der Waals surface area (Å²) in [5.74, 6) is 0.979. The molecule has 1 saturated carbocycles. The number of piperidine rings is 1. The van der Waals surface area contributed by atoms with Gasteiger partial charge in [-0.05, 0) is 31.7 Å². The molecule has 2 aliphatic rings. The minimum atomic E-state index is -0.0263. The summed E-state index contributed by atoms with van der Waals surface area (Å²) in [6.45, 7) is 1.49. The number of aromatic nitrogens is 4. The normalized spacial score (nSPS) is 18.4. The van der Waals surface area contributed by atoms with E-state index >= 15 is 0 Å². The van der Waals surface area contributed by atoms with Gasteiger partial charge in [0.2, 0.25) is 0 Å². The summed E-state index contributed by atoms with van der Waals surface area (Å²) in [4.78, 5) is 33.3. The van der Waals surface area contributed by atoms with Crippen LogP contribution in [0.1, 0.15) is 36.2 Å². The van der Waals surface area contributed by atoms with Gasteiger partial charge in [-0.3, -0.25) is 9.78 Å². The molecule has 1 amide bonds. The minimum Gasteiger partial charge on any atom is -0.350 e. The van der Waals surface area contributed by atoms with Gasteiger partial charge in [0.15, 0.2) is 0 Å². The maximum atomic E-state index is 12.5. The Morgan fingerprint density at radius 1 is 1.00 bits per heavy atom. The Morgan fingerprint density at radius 3 is 2.42 bits per heavy atom. The van der Waals surface area contributed by atoms with E-state index in [1.54, 1.807) is 24.9 Å². The lowest BCUT2D eigenvalue weighted by molar-refractivity contribution is 0.0705. The van der Waals surface area contributed by atoms with E-state index in [4.69, 9.17) is 0 Å². The lowest BCUT2D eigenvalue weighted by Gasteiger charge is -2.39. The third-order valence-electron chi connectivity index (χ3n) is 4.70. The Kier molecular flexibility index (Phi) is 4.06. The van der Waals surface area contributed by atoms with Gasteiger partial charge in [0.25, 0.3) is 5.91 Å². The number of carbonyl (C=O) groups excluding carboxylic acids is 1. The highest BCUT2D eigenvalue weighted by atomic mass is 16.2. The summed E-state index contributed by atoms with van der Waals surface area (Å²) in [6, 6.07) is 3.00. The van der Waals surface area contributed by atoms with E-state index in [1.165, 1.54) is 19.0 Å². The fourth-order valence-electron chi connectivity index (χ4n) is 3.38. The largest absolute Gasteiger partial charge is 0.350 e. The smallest absolute Gasteiger partial charge is 0.274 e. The van der Waals surface area contributed by atoms with Crippen LogP contribution in [0.3, 0.4) is 0 Å². The molecule has 1 aliphatic heterocycles. The van der Waals surface area contributed by atoms with Crippen molar-refractivity contribution in [2.45, 2.75) is 37.8 Å². The van der Waals surface area contributed by atoms with E-state index in [9.17, 15) is 4.79 Å². The Bertz CT molecular complexity index is 683. The topological polar surface area (TPSA) is 75.1 Å². The molecule has 0 N–H and O–H groups in total. The molecular formula is C17H20N6O. The molecule has 2 aromatic rings. The van der Waals surface area contributed by atoms with Crippen LogP contribution in [0.15, 0.2) is 37.2 Å². The lowest BCUT2D eigenvalue weighted by Crippen LogP contribution is -2.48. The zero-order chi connectivity index (χ0) is 16.4. The first kappa shape index (κ1) is 15.0. The van der Waals surface area contributed by atoms with Crippen LogP contribution in [-0.2, 0) is 0 Å². The van der Waals surface area contributed by atoms with Gasteiger partial charge in [-0.2, -0.15) is 0 Å². The van der Waals surface area contributed by atoms with Crippen LogP contribution >= 0.6 is 0 Å². The average Bonchev–Trinajstić information content (AvgIpc) is 3.49. The van der Waals surface area contributed by atoms with E-state index in [0.29, 0.717) is 17.8 Å². The number of anilines is 1. The van der Waals surface area contributed by atoms with Crippen molar-refractivity contribution in [1.29, 1.82) is 0 Å². The van der Waals surface area contributed by atoms with Gasteiger partial charge in [-0.1, -0.05) is 0 Å². The molecule has 124 valence electrons. The number of hydrogen-bond acceptors (Lipinski definition) is 6. The predicted molar refractivity (Wildman–Crippen MR) is 88.5 cm³/mol. The van der Waals surface area contributed by atoms with Crippen LogP contribution in [0.2, 0.25) is 0 Å². The molecule has 2 fully saturated rings. The molecule has 1 saturated heterocycles. The molecule has 4 rings (SSSR count). The average molecular weight is 324 g/mol. The summed E-state index contributed by atoms with van der Waals surface area (Å²) in [6.07, 6.45) is 12.4. The minimum absolute atomic E-state index is 0.0263. The van der Waals surface area contributed by atoms with Gasteiger partial charge in [-0.15, -0.1) is 0 Å². The zero-order valence-electron chi connectivity index (χ0n) is 13.5. The van der Waals surface area contributed by atoms with E-state index in [2.05, 4.69) is 24.8 Å². The third kappa shape index (κ3) is 3.06. The number of rotatable bonds is 4. The first-order valence-corrected chi connectivity index (χ1v) is 8.42. The quantitative estimate of drug-likeness (QED) is 0.849. The van der Waals surface area contributed by atoms with Crippen LogP contribution in [0.5, 0.6) is 0 Å². The second-order valence-corrected chi connectivity index (χ2v) is 6.32. The van der Waals surface area contributed by atoms with Gasteiger partial charge in [-0.25, -0.2) is 15.0 Å². The molecule has 0 bridgehead atoms. The molecule has 0 atom stereocenters. The SMILES string of the molecule is O=C(c1cnccn1)N1CCC(N(c2ccncn2)C2CC2)CC1. The van der Waals surface area contributed by atoms with Crippen molar-refractivity contribution >= 4 is 11.7 Å². The maximum absolute atomic E-state index is 12.5. The number of likely N-dealkylation sites (tertiary alicyclic amines) is 1. The molecule has 1 aliphatic carbocycles. The van der Waals surface area contributed by atoms with Crippen molar-refractivity contribution in [2.24, 2.45) is 0 Å². The van der Waals surface area contributed by atoms with Gasteiger partial charge in [0.05, 0.1) is 6.20 Å². The molecule has 2 aromatic heterocycles. The van der Waals surface area contributed by atoms with Crippen LogP contribution in [0.4, 0.5) is 5.82 Å². The predicted octanol–water partition coefficient (Wildman–Crippen LogP) is 1.54. The first-order valence-electron chi connectivity index (χ1n) is 8.42. The highest BCUT2D eigenvalue weighted by molar-refractivity contribution is 5.92. The van der Waals surface area contributed by atoms with Gasteiger partial charge in [0.1, 0.15) is 17.8 Å². The molecule has 0 aromatic carbocycles. The van der Waals surface area contributed by atoms with E-state index in [-0.39, 0.29) is 5.91 Å². The van der Waals surface area contributed by atoms with E-state index < -0.39 is 0 Å². The summed E-state index contributed by atoms with van der Waals surface area (Å²) >= 11 is 0. The highest BCUT2D eigenvalue weighted by Gasteiger charge is 2.37. The van der Waals surface area contributed by atoms with Crippen molar-refractivity contribution in [2.75, 3.05) is 18.0 Å². The van der Waals surface area contributed by atoms with Crippen LogP contribution in [0.25, 0.3) is 0 Å². The summed E-state index contributed by atoms with van der Waals surface area (Å²) < 4.78 is 0. The van der Waals surface area contributed by atoms with E-state index in [0.717, 1.165) is 31.7 Å². The lowest BCUT2D eigenvalue weighted by atomic mass is 10.0. The summed E-state index contributed by atoms with van der Waals surface area (Å²) in [5.41, 5.74) is 0.422. The van der Waals surface area contributed by atoms with Crippen molar-refractivity contribution in [3.8, 4) is 0 Å². The van der Waals surface area contributed by atoms with Crippen LogP contribution in [-0.4, -0.2) is 55.9 Å². The second-order valence-electron chi connectivity index (χ2n) is 6.32. The molecule has 24 heavy (non-hydrogen) atoms. The Hall–Kier alpha value is -2.57. The standard InChI is InChI=1S/C17H20N6O/c24-17(15-11-18-7-8-20-15)22-9-4-14(5-10-22)23(13-1-2-13)16-3-6-19-12-21-16/h3,6-8,11-14H,1-2,4-5,9-10H2. The number of amides is 1. The van der Waals surface area contributed by atoms with E-state index in [1.807, 2.05) is 11.0 Å². The van der Waals surface area contributed by atoms with Crippen LogP contribution in [0, 0.1) is 0 Å². The fraction of sp³-hybridized carbons (Fsp3) is 0.471. The fourth-order valence-corrected chi connectivity index (χ4v) is 3.38. The monoisotopic (exact) mass is 324 g/mol. The Labute approximate surface area is 140 Å². The number of nitrogens with zero attached hydrogens (tertiary/aromatic N) is 6. The molecule has 7 heteroatoms. The van der Waals surface area contributed by atoms with Gasteiger partial charge >= 0.3 is 0 Å². The summed E-state index contributed by atoms with van der Waals surface area (Å²) in [5, 5.41) is 0. The molecule has 3 heterocycles. The zero-order valence-corrected chi connectivity index (χ0v) is 13.5. The Morgan fingerprint density at radius 2 is 1.79 bits per heavy atom. The first-order chi connectivity index (χ1) is 11.8. The number of hydrogen-bond donors (Lipinski definition) is 0. The maximum Gasteiger partial charge on any atom is 0.274 e. The highest BCUT2D eigenvalue weighted by Crippen LogP contribution is 2.35. The Balaban J connectivity index is 1.43. The van der Waals surface area contributed by atoms with Crippen molar-refractivity contribution in [3.63, 3.8) is 0 Å². The molecular weight excluding hydrogens is 304 g/mol. The third-order valence-corrected chi connectivity index (χ3v) is 4.70. The molecule has 0 spiro atoms. The van der Waals surface area contributed by atoms with Crippen LogP contribution < -0.4 is 4.90 Å². The molecule has 0 radical (unpaired) electrons. The van der Waals surface area contributed by atoms with Gasteiger partial charge < -0.3 is 9.80 Å². The van der Waals surface area contributed by atoms with Crippen molar-refractivity contribution < 1.29 is 4.79 Å². The van der Waals surface area contributed by atoms with Crippen molar-refractivity contribution in [1.82, 2.24) is 24.8 Å². The number of carbonyl (C=O) groups is 1. The van der Waals surface area contributed by atoms with Crippen molar-refractivity contribution in [3.05, 3.63) is 42.9 Å². The van der Waals surface area contributed by atoms with Gasteiger partial charge in [0, 0.05) is 43.8 Å². The molecule has 0 unspecified atom stereocenters. The second kappa shape index (κ2) is 6.51. The summed E-state index contributed by atoms with van der Waals surface area (Å²) in [7, 11) is 0.